The number of amides is 2. The summed E-state index contributed by atoms with van der Waals surface area (Å²) in [5.41, 5.74) is 0.628. The number of ether oxygens (including phenoxy) is 2. The summed E-state index contributed by atoms with van der Waals surface area (Å²) in [7, 11) is 1.23. The van der Waals surface area contributed by atoms with Crippen LogP contribution in [-0.2, 0) is 23.9 Å². The number of para-hydroxylation sites is 1. The van der Waals surface area contributed by atoms with Crippen molar-refractivity contribution in [3.63, 3.8) is 0 Å². The predicted molar refractivity (Wildman–Crippen MR) is 106 cm³/mol. The molecule has 0 unspecified atom stereocenters. The molecule has 0 radical (unpaired) electrons. The van der Waals surface area contributed by atoms with Gasteiger partial charge in [-0.05, 0) is 30.7 Å². The maximum absolute atomic E-state index is 12.6. The van der Waals surface area contributed by atoms with Crippen molar-refractivity contribution >= 4 is 35.3 Å². The highest BCUT2D eigenvalue weighted by atomic mass is 32.2. The average molecular weight is 416 g/mol. The fraction of sp³-hybridized carbons (Fsp3) is 0.300. The molecule has 3 rings (SSSR count). The Balaban J connectivity index is 1.68. The first kappa shape index (κ1) is 20.7. The van der Waals surface area contributed by atoms with E-state index >= 15 is 0 Å². The standard InChI is InChI=1S/C20H20N2O6S/c1-12(23)8-9-13-11-29-19-16(18(25)22(19)17(13)20(26)27-2)21-15(24)10-28-14-6-4-3-5-7-14/h3-9,16,19H,10-11H2,1-2H3,(H,21,24)/b9-8+/t16-,19-/m1/s1. The van der Waals surface area contributed by atoms with E-state index in [1.54, 1.807) is 24.3 Å². The van der Waals surface area contributed by atoms with Crippen LogP contribution >= 0.6 is 11.8 Å². The molecule has 2 aliphatic rings. The largest absolute Gasteiger partial charge is 0.484 e. The Kier molecular flexibility index (Phi) is 6.38. The zero-order chi connectivity index (χ0) is 21.0. The van der Waals surface area contributed by atoms with Crippen molar-refractivity contribution in [1.82, 2.24) is 10.2 Å². The second-order valence-corrected chi connectivity index (χ2v) is 7.47. The van der Waals surface area contributed by atoms with Crippen LogP contribution in [0.4, 0.5) is 0 Å². The molecule has 2 atom stereocenters. The molecule has 2 heterocycles. The van der Waals surface area contributed by atoms with Crippen molar-refractivity contribution in [2.24, 2.45) is 0 Å². The number of hydrogen-bond donors (Lipinski definition) is 1. The molecule has 0 saturated carbocycles. The van der Waals surface area contributed by atoms with E-state index in [4.69, 9.17) is 9.47 Å². The molecular formula is C20H20N2O6S. The van der Waals surface area contributed by atoms with Gasteiger partial charge in [0.2, 0.25) is 0 Å². The summed E-state index contributed by atoms with van der Waals surface area (Å²) in [5.74, 6) is -0.733. The number of ketones is 1. The van der Waals surface area contributed by atoms with Crippen LogP contribution < -0.4 is 10.1 Å². The van der Waals surface area contributed by atoms with E-state index < -0.39 is 29.2 Å². The number of hydrogen-bond acceptors (Lipinski definition) is 7. The zero-order valence-electron chi connectivity index (χ0n) is 15.9. The Bertz CT molecular complexity index is 895. The lowest BCUT2D eigenvalue weighted by Gasteiger charge is -2.49. The van der Waals surface area contributed by atoms with Gasteiger partial charge in [0, 0.05) is 5.75 Å². The molecule has 9 heteroatoms. The van der Waals surface area contributed by atoms with Crippen molar-refractivity contribution in [1.29, 1.82) is 0 Å². The Morgan fingerprint density at radius 2 is 2.00 bits per heavy atom. The van der Waals surface area contributed by atoms with E-state index in [-0.39, 0.29) is 18.1 Å². The highest BCUT2D eigenvalue weighted by Crippen LogP contribution is 2.40. The number of β-lactam (4-membered cyclic amide) rings is 1. The highest BCUT2D eigenvalue weighted by Gasteiger charge is 2.54. The Morgan fingerprint density at radius 1 is 1.28 bits per heavy atom. The summed E-state index contributed by atoms with van der Waals surface area (Å²) >= 11 is 1.39. The molecule has 1 N–H and O–H groups in total. The predicted octanol–water partition coefficient (Wildman–Crippen LogP) is 1.04. The minimum atomic E-state index is -0.759. The van der Waals surface area contributed by atoms with Crippen LogP contribution in [0.15, 0.2) is 53.8 Å². The average Bonchev–Trinajstić information content (AvgIpc) is 2.73. The van der Waals surface area contributed by atoms with Gasteiger partial charge in [0.15, 0.2) is 12.4 Å². The number of thioether (sulfide) groups is 1. The SMILES string of the molecule is COC(=O)C1=C(/C=C/C(C)=O)CS[C@@H]2[C@H](NC(=O)COc3ccccc3)C(=O)N12. The minimum Gasteiger partial charge on any atom is -0.484 e. The summed E-state index contributed by atoms with van der Waals surface area (Å²) in [6, 6.07) is 8.11. The zero-order valence-corrected chi connectivity index (χ0v) is 16.7. The summed E-state index contributed by atoms with van der Waals surface area (Å²) in [5, 5.41) is 2.23. The Morgan fingerprint density at radius 3 is 2.66 bits per heavy atom. The van der Waals surface area contributed by atoms with Gasteiger partial charge in [-0.2, -0.15) is 0 Å². The normalized spacial score (nSPS) is 20.8. The fourth-order valence-electron chi connectivity index (χ4n) is 2.96. The van der Waals surface area contributed by atoms with Gasteiger partial charge < -0.3 is 14.8 Å². The topological polar surface area (TPSA) is 102 Å². The number of methoxy groups -OCH3 is 1. The Labute approximate surface area is 171 Å². The number of benzene rings is 1. The van der Waals surface area contributed by atoms with Crippen LogP contribution in [0.1, 0.15) is 6.92 Å². The molecule has 1 saturated heterocycles. The van der Waals surface area contributed by atoms with E-state index in [1.807, 2.05) is 6.07 Å². The number of esters is 1. The number of fused-ring (bicyclic) bond motifs is 1. The third kappa shape index (κ3) is 4.51. The number of rotatable bonds is 7. The van der Waals surface area contributed by atoms with Gasteiger partial charge in [-0.3, -0.25) is 19.3 Å². The number of carbonyl (C=O) groups excluding carboxylic acids is 4. The van der Waals surface area contributed by atoms with Gasteiger partial charge in [0.25, 0.3) is 11.8 Å². The second kappa shape index (κ2) is 8.95. The van der Waals surface area contributed by atoms with Crippen LogP contribution in [0.25, 0.3) is 0 Å². The first-order valence-electron chi connectivity index (χ1n) is 8.84. The molecule has 0 aromatic heterocycles. The maximum Gasteiger partial charge on any atom is 0.355 e. The number of carbonyl (C=O) groups is 4. The monoisotopic (exact) mass is 416 g/mol. The molecular weight excluding hydrogens is 396 g/mol. The van der Waals surface area contributed by atoms with Crippen molar-refractivity contribution in [3.8, 4) is 5.75 Å². The van der Waals surface area contributed by atoms with Crippen molar-refractivity contribution < 1.29 is 28.7 Å². The third-order valence-electron chi connectivity index (χ3n) is 4.33. The smallest absolute Gasteiger partial charge is 0.355 e. The fourth-order valence-corrected chi connectivity index (χ4v) is 4.27. The molecule has 2 amide bonds. The first-order valence-corrected chi connectivity index (χ1v) is 9.89. The molecule has 0 bridgehead atoms. The molecule has 1 aromatic rings. The summed E-state index contributed by atoms with van der Waals surface area (Å²) in [6.45, 7) is 1.17. The number of allylic oxidation sites excluding steroid dienone is 2. The van der Waals surface area contributed by atoms with Gasteiger partial charge in [0.1, 0.15) is 22.9 Å². The van der Waals surface area contributed by atoms with Gasteiger partial charge in [-0.1, -0.05) is 24.3 Å². The second-order valence-electron chi connectivity index (χ2n) is 6.37. The molecule has 152 valence electrons. The quantitative estimate of drug-likeness (QED) is 0.402. The number of nitrogens with zero attached hydrogens (tertiary/aromatic N) is 1. The van der Waals surface area contributed by atoms with Crippen LogP contribution in [0, 0.1) is 0 Å². The summed E-state index contributed by atoms with van der Waals surface area (Å²) < 4.78 is 10.2. The highest BCUT2D eigenvalue weighted by molar-refractivity contribution is 8.00. The van der Waals surface area contributed by atoms with E-state index in [0.717, 1.165) is 0 Å². The van der Waals surface area contributed by atoms with Crippen molar-refractivity contribution in [3.05, 3.63) is 53.8 Å². The summed E-state index contributed by atoms with van der Waals surface area (Å²) in [6.07, 6.45) is 2.86. The molecule has 8 nitrogen and oxygen atoms in total. The molecule has 2 aliphatic heterocycles. The van der Waals surface area contributed by atoms with Gasteiger partial charge in [-0.25, -0.2) is 4.79 Å². The van der Waals surface area contributed by atoms with Crippen LogP contribution in [0.3, 0.4) is 0 Å². The third-order valence-corrected chi connectivity index (χ3v) is 5.63. The van der Waals surface area contributed by atoms with E-state index in [0.29, 0.717) is 17.1 Å². The van der Waals surface area contributed by atoms with Gasteiger partial charge >= 0.3 is 5.97 Å². The molecule has 1 fully saturated rings. The lowest BCUT2D eigenvalue weighted by atomic mass is 10.0. The van der Waals surface area contributed by atoms with Crippen LogP contribution in [0.5, 0.6) is 5.75 Å². The van der Waals surface area contributed by atoms with E-state index in [1.165, 1.54) is 42.8 Å². The lowest BCUT2D eigenvalue weighted by Crippen LogP contribution is -2.70. The molecule has 0 spiro atoms. The van der Waals surface area contributed by atoms with E-state index in [9.17, 15) is 19.2 Å². The number of nitrogens with one attached hydrogen (secondary N) is 1. The van der Waals surface area contributed by atoms with Crippen LogP contribution in [0.2, 0.25) is 0 Å². The molecule has 29 heavy (non-hydrogen) atoms. The first-order chi connectivity index (χ1) is 13.9. The van der Waals surface area contributed by atoms with Gasteiger partial charge in [-0.15, -0.1) is 11.8 Å². The lowest BCUT2D eigenvalue weighted by molar-refractivity contribution is -0.152. The van der Waals surface area contributed by atoms with Crippen molar-refractivity contribution in [2.45, 2.75) is 18.3 Å². The van der Waals surface area contributed by atoms with Gasteiger partial charge in [0.05, 0.1) is 7.11 Å². The van der Waals surface area contributed by atoms with Crippen LogP contribution in [-0.4, -0.2) is 59.4 Å². The summed E-state index contributed by atoms with van der Waals surface area (Å²) in [4.78, 5) is 49.6. The maximum atomic E-state index is 12.6. The minimum absolute atomic E-state index is 0.102. The van der Waals surface area contributed by atoms with E-state index in [2.05, 4.69) is 5.32 Å². The molecule has 1 aromatic carbocycles. The molecule has 0 aliphatic carbocycles. The van der Waals surface area contributed by atoms with Crippen molar-refractivity contribution in [2.75, 3.05) is 19.5 Å². The Hall–Kier alpha value is -3.07.